The normalized spacial score (nSPS) is 13.4. The third kappa shape index (κ3) is 2.01. The van der Waals surface area contributed by atoms with Crippen LogP contribution in [0, 0.1) is 0 Å². The minimum absolute atomic E-state index is 1.45. The Bertz CT molecular complexity index is 1170. The summed E-state index contributed by atoms with van der Waals surface area (Å²) in [6.07, 6.45) is 0. The van der Waals surface area contributed by atoms with Crippen LogP contribution in [0.5, 0.6) is 0 Å². The van der Waals surface area contributed by atoms with Gasteiger partial charge in [-0.05, 0) is 0 Å². The van der Waals surface area contributed by atoms with E-state index in [9.17, 15) is 0 Å². The summed E-state index contributed by atoms with van der Waals surface area (Å²) in [4.78, 5) is 3.14. The Hall–Kier alpha value is -1.54. The molecule has 0 nitrogen and oxygen atoms in total. The fourth-order valence-corrected chi connectivity index (χ4v) is 20.6. The summed E-state index contributed by atoms with van der Waals surface area (Å²) in [6, 6.07) is 29.3. The van der Waals surface area contributed by atoms with Crippen LogP contribution in [-0.4, -0.2) is 21.8 Å². The molecule has 1 aliphatic rings. The molecule has 0 bridgehead atoms. The molecule has 5 aromatic rings. The van der Waals surface area contributed by atoms with Gasteiger partial charge in [-0.2, -0.15) is 0 Å². The Morgan fingerprint density at radius 2 is 1.00 bits per heavy atom. The first kappa shape index (κ1) is 14.6. The van der Waals surface area contributed by atoms with Crippen LogP contribution in [0.2, 0.25) is 0 Å². The molecule has 0 radical (unpaired) electrons. The molecule has 0 N–H and O–H groups in total. The van der Waals surface area contributed by atoms with Crippen molar-refractivity contribution in [2.45, 2.75) is 0 Å². The summed E-state index contributed by atoms with van der Waals surface area (Å²) >= 11 is 1.77. The molecule has 0 fully saturated rings. The fourth-order valence-electron chi connectivity index (χ4n) is 3.76. The minimum atomic E-state index is -2.24. The first-order valence-electron chi connectivity index (χ1n) is 8.30. The van der Waals surface area contributed by atoms with Gasteiger partial charge in [0.2, 0.25) is 0 Å². The standard InChI is InChI=1S/C16H8S2.C6H5.Bi/c1-3-7-13-11(5-1)9-15(17-13)16-10-12-6-2-4-8-14(12)18-16;1-2-4-6-5-3-1;/h1-8H;1-5H;. The van der Waals surface area contributed by atoms with Crippen molar-refractivity contribution in [1.82, 2.24) is 0 Å². The van der Waals surface area contributed by atoms with E-state index in [1.165, 1.54) is 20.2 Å². The molecule has 0 amide bonds. The molecule has 0 saturated heterocycles. The number of benzene rings is 3. The van der Waals surface area contributed by atoms with Crippen LogP contribution in [0.1, 0.15) is 0 Å². The molecule has 2 aromatic heterocycles. The van der Waals surface area contributed by atoms with E-state index in [-0.39, 0.29) is 0 Å². The van der Waals surface area contributed by atoms with Gasteiger partial charge in [0.15, 0.2) is 0 Å². The Kier molecular flexibility index (Phi) is 3.20. The summed E-state index contributed by atoms with van der Waals surface area (Å²) in [5.74, 6) is 0. The molecule has 0 aliphatic carbocycles. The molecular formula is C22H13BiS2. The molecule has 0 saturated carbocycles. The molecule has 0 spiro atoms. The van der Waals surface area contributed by atoms with Gasteiger partial charge in [0.05, 0.1) is 0 Å². The molecule has 118 valence electrons. The van der Waals surface area contributed by atoms with Gasteiger partial charge in [0, 0.05) is 0 Å². The molecule has 0 unspecified atom stereocenters. The average Bonchev–Trinajstić information content (AvgIpc) is 3.30. The van der Waals surface area contributed by atoms with E-state index in [1.54, 1.807) is 19.6 Å². The second-order valence-corrected chi connectivity index (χ2v) is 16.4. The number of thiophene rings is 2. The summed E-state index contributed by atoms with van der Waals surface area (Å²) in [6.45, 7) is 0. The van der Waals surface area contributed by atoms with Crippen molar-refractivity contribution in [3.8, 4) is 9.75 Å². The van der Waals surface area contributed by atoms with Crippen LogP contribution in [-0.2, 0) is 0 Å². The second-order valence-electron chi connectivity index (χ2n) is 6.22. The molecule has 25 heavy (non-hydrogen) atoms. The first-order chi connectivity index (χ1) is 12.4. The van der Waals surface area contributed by atoms with Crippen LogP contribution in [0.3, 0.4) is 0 Å². The van der Waals surface area contributed by atoms with Crippen molar-refractivity contribution >= 4 is 74.4 Å². The van der Waals surface area contributed by atoms with Gasteiger partial charge in [0.1, 0.15) is 0 Å². The molecular weight excluding hydrogens is 537 g/mol. The SMILES string of the molecule is c1cc[c]([Bi]2[c]3c(sc4ccccc34)-c3sc4ccccc4[c]32)cc1. The van der Waals surface area contributed by atoms with Crippen LogP contribution >= 0.6 is 22.7 Å². The van der Waals surface area contributed by atoms with Gasteiger partial charge < -0.3 is 0 Å². The quantitative estimate of drug-likeness (QED) is 0.263. The van der Waals surface area contributed by atoms with E-state index in [2.05, 4.69) is 78.9 Å². The van der Waals surface area contributed by atoms with E-state index in [4.69, 9.17) is 0 Å². The third-order valence-electron chi connectivity index (χ3n) is 4.81. The monoisotopic (exact) mass is 550 g/mol. The predicted octanol–water partition coefficient (Wildman–Crippen LogP) is 4.61. The van der Waals surface area contributed by atoms with Crippen molar-refractivity contribution in [2.75, 3.05) is 0 Å². The topological polar surface area (TPSA) is 0 Å². The first-order valence-corrected chi connectivity index (χ1v) is 15.2. The number of rotatable bonds is 1. The van der Waals surface area contributed by atoms with Gasteiger partial charge in [-0.1, -0.05) is 0 Å². The molecule has 3 aromatic carbocycles. The van der Waals surface area contributed by atoms with Gasteiger partial charge in [0.25, 0.3) is 0 Å². The van der Waals surface area contributed by atoms with E-state index in [1.807, 2.05) is 22.7 Å². The average molecular weight is 550 g/mol. The van der Waals surface area contributed by atoms with E-state index in [0.29, 0.717) is 0 Å². The maximum atomic E-state index is 2.37. The summed E-state index contributed by atoms with van der Waals surface area (Å²) in [7, 11) is 0. The van der Waals surface area contributed by atoms with Crippen molar-refractivity contribution in [2.24, 2.45) is 0 Å². The summed E-state index contributed by atoms with van der Waals surface area (Å²) < 4.78 is 7.94. The maximum absolute atomic E-state index is 2.37. The van der Waals surface area contributed by atoms with E-state index < -0.39 is 21.8 Å². The van der Waals surface area contributed by atoms with Crippen molar-refractivity contribution in [3.05, 3.63) is 78.9 Å². The third-order valence-corrected chi connectivity index (χ3v) is 18.8. The molecule has 0 atom stereocenters. The molecule has 3 heterocycles. The molecule has 6 rings (SSSR count). The number of fused-ring (bicyclic) bond motifs is 7. The Labute approximate surface area is 162 Å². The van der Waals surface area contributed by atoms with Crippen LogP contribution in [0.25, 0.3) is 29.9 Å². The van der Waals surface area contributed by atoms with Crippen LogP contribution in [0.15, 0.2) is 78.9 Å². The second kappa shape index (κ2) is 5.48. The van der Waals surface area contributed by atoms with E-state index >= 15 is 0 Å². The Morgan fingerprint density at radius 3 is 1.56 bits per heavy atom. The number of hydrogen-bond acceptors (Lipinski definition) is 2. The molecule has 3 heteroatoms. The van der Waals surface area contributed by atoms with Gasteiger partial charge >= 0.3 is 163 Å². The fraction of sp³-hybridized carbons (Fsp3) is 0. The zero-order chi connectivity index (χ0) is 16.4. The zero-order valence-electron chi connectivity index (χ0n) is 13.3. The van der Waals surface area contributed by atoms with Gasteiger partial charge in [-0.15, -0.1) is 0 Å². The summed E-state index contributed by atoms with van der Waals surface area (Å²) in [5.41, 5.74) is 0. The van der Waals surface area contributed by atoms with Crippen LogP contribution in [0.4, 0.5) is 0 Å². The zero-order valence-corrected chi connectivity index (χ0v) is 18.4. The Morgan fingerprint density at radius 1 is 0.520 bits per heavy atom. The van der Waals surface area contributed by atoms with Crippen molar-refractivity contribution in [1.29, 1.82) is 0 Å². The van der Waals surface area contributed by atoms with Crippen molar-refractivity contribution in [3.63, 3.8) is 0 Å². The van der Waals surface area contributed by atoms with Crippen molar-refractivity contribution < 1.29 is 0 Å². The summed E-state index contributed by atoms with van der Waals surface area (Å²) in [5, 5.41) is 3.02. The van der Waals surface area contributed by atoms with E-state index in [0.717, 1.165) is 0 Å². The van der Waals surface area contributed by atoms with Crippen LogP contribution < -0.4 is 9.81 Å². The Balaban J connectivity index is 1.78. The molecule has 1 aliphatic heterocycles. The number of hydrogen-bond donors (Lipinski definition) is 0. The van der Waals surface area contributed by atoms with Gasteiger partial charge in [-0.25, -0.2) is 0 Å². The van der Waals surface area contributed by atoms with Gasteiger partial charge in [-0.3, -0.25) is 0 Å². The predicted molar refractivity (Wildman–Crippen MR) is 114 cm³/mol.